The largest absolute Gasteiger partial charge is 0.377 e. The second kappa shape index (κ2) is 7.45. The molecule has 0 aromatic heterocycles. The maximum atomic E-state index is 12.9. The van der Waals surface area contributed by atoms with Gasteiger partial charge in [0.1, 0.15) is 0 Å². The molecule has 0 saturated carbocycles. The van der Waals surface area contributed by atoms with Crippen LogP contribution >= 0.6 is 23.2 Å². The molecular formula is C19H18Cl2N2O2S. The van der Waals surface area contributed by atoms with Crippen molar-refractivity contribution in [3.05, 3.63) is 70.2 Å². The van der Waals surface area contributed by atoms with E-state index in [1.165, 1.54) is 0 Å². The highest BCUT2D eigenvalue weighted by Crippen LogP contribution is 2.30. The van der Waals surface area contributed by atoms with Crippen molar-refractivity contribution in [1.29, 1.82) is 0 Å². The van der Waals surface area contributed by atoms with Crippen molar-refractivity contribution in [2.75, 3.05) is 19.0 Å². The Hall–Kier alpha value is -1.79. The molecule has 136 valence electrons. The molecule has 3 rings (SSSR count). The molecule has 3 aromatic rings. The Morgan fingerprint density at radius 3 is 2.31 bits per heavy atom. The molecular weight excluding hydrogens is 391 g/mol. The van der Waals surface area contributed by atoms with Crippen molar-refractivity contribution in [3.63, 3.8) is 0 Å². The average molecular weight is 409 g/mol. The van der Waals surface area contributed by atoms with Crippen LogP contribution in [0.4, 0.5) is 5.69 Å². The number of nitrogens with zero attached hydrogens (tertiary/aromatic N) is 1. The fourth-order valence-electron chi connectivity index (χ4n) is 2.82. The predicted molar refractivity (Wildman–Crippen MR) is 109 cm³/mol. The maximum absolute atomic E-state index is 12.9. The number of hydrogen-bond acceptors (Lipinski definition) is 3. The highest BCUT2D eigenvalue weighted by molar-refractivity contribution is 7.89. The minimum atomic E-state index is -3.73. The molecule has 0 unspecified atom stereocenters. The van der Waals surface area contributed by atoms with E-state index in [1.54, 1.807) is 30.3 Å². The summed E-state index contributed by atoms with van der Waals surface area (Å²) >= 11 is 12.1. The van der Waals surface area contributed by atoms with Crippen LogP contribution in [0.15, 0.2) is 59.5 Å². The van der Waals surface area contributed by atoms with Gasteiger partial charge >= 0.3 is 0 Å². The monoisotopic (exact) mass is 408 g/mol. The van der Waals surface area contributed by atoms with Crippen LogP contribution in [-0.2, 0) is 16.6 Å². The van der Waals surface area contributed by atoms with Gasteiger partial charge < -0.3 is 4.90 Å². The van der Waals surface area contributed by atoms with Gasteiger partial charge in [0.2, 0.25) is 10.0 Å². The minimum Gasteiger partial charge on any atom is -0.377 e. The highest BCUT2D eigenvalue weighted by atomic mass is 35.5. The van der Waals surface area contributed by atoms with Gasteiger partial charge in [0.05, 0.1) is 14.9 Å². The number of rotatable bonds is 5. The molecule has 0 aliphatic carbocycles. The van der Waals surface area contributed by atoms with Gasteiger partial charge in [0, 0.05) is 37.1 Å². The van der Waals surface area contributed by atoms with E-state index >= 15 is 0 Å². The molecule has 0 fully saturated rings. The number of anilines is 1. The molecule has 0 saturated heterocycles. The lowest BCUT2D eigenvalue weighted by Crippen LogP contribution is -2.23. The molecule has 0 amide bonds. The first-order valence-electron chi connectivity index (χ1n) is 7.93. The molecule has 0 atom stereocenters. The van der Waals surface area contributed by atoms with Gasteiger partial charge in [-0.2, -0.15) is 0 Å². The molecule has 0 aliphatic rings. The predicted octanol–water partition coefficient (Wildman–Crippen LogP) is 4.69. The third kappa shape index (κ3) is 3.67. The normalized spacial score (nSPS) is 11.7. The number of hydrogen-bond donors (Lipinski definition) is 1. The maximum Gasteiger partial charge on any atom is 0.241 e. The summed E-state index contributed by atoms with van der Waals surface area (Å²) in [6.45, 7) is 0.0610. The third-order valence-electron chi connectivity index (χ3n) is 4.11. The van der Waals surface area contributed by atoms with Crippen molar-refractivity contribution in [3.8, 4) is 0 Å². The van der Waals surface area contributed by atoms with Crippen molar-refractivity contribution in [2.45, 2.75) is 11.4 Å². The van der Waals surface area contributed by atoms with E-state index in [2.05, 4.69) is 4.72 Å². The van der Waals surface area contributed by atoms with Gasteiger partial charge in [0.15, 0.2) is 0 Å². The quantitative estimate of drug-likeness (QED) is 0.665. The Balaban J connectivity index is 2.00. The van der Waals surface area contributed by atoms with E-state index in [0.29, 0.717) is 21.0 Å². The minimum absolute atomic E-state index is 0.0610. The van der Waals surface area contributed by atoms with Crippen LogP contribution in [0.3, 0.4) is 0 Å². The van der Waals surface area contributed by atoms with Gasteiger partial charge in [-0.3, -0.25) is 0 Å². The zero-order valence-corrected chi connectivity index (χ0v) is 16.7. The number of benzene rings is 3. The van der Waals surface area contributed by atoms with E-state index < -0.39 is 10.0 Å². The molecule has 3 aromatic carbocycles. The Kier molecular flexibility index (Phi) is 5.44. The van der Waals surface area contributed by atoms with Crippen LogP contribution in [0.25, 0.3) is 10.8 Å². The van der Waals surface area contributed by atoms with Crippen molar-refractivity contribution in [1.82, 2.24) is 4.72 Å². The summed E-state index contributed by atoms with van der Waals surface area (Å²) in [7, 11) is 0.124. The summed E-state index contributed by atoms with van der Waals surface area (Å²) in [4.78, 5) is 2.19. The van der Waals surface area contributed by atoms with E-state index in [-0.39, 0.29) is 11.4 Å². The second-order valence-corrected chi connectivity index (χ2v) is 8.58. The van der Waals surface area contributed by atoms with Gasteiger partial charge in [-0.05, 0) is 23.8 Å². The first kappa shape index (κ1) is 19.0. The molecule has 0 radical (unpaired) electrons. The topological polar surface area (TPSA) is 49.4 Å². The van der Waals surface area contributed by atoms with Crippen LogP contribution < -0.4 is 9.62 Å². The number of sulfonamides is 1. The van der Waals surface area contributed by atoms with E-state index in [4.69, 9.17) is 23.2 Å². The summed E-state index contributed by atoms with van der Waals surface area (Å²) in [6.07, 6.45) is 0. The summed E-state index contributed by atoms with van der Waals surface area (Å²) in [5, 5.41) is 2.29. The summed E-state index contributed by atoms with van der Waals surface area (Å²) in [6, 6.07) is 16.0. The third-order valence-corrected chi connectivity index (χ3v) is 6.43. The van der Waals surface area contributed by atoms with Gasteiger partial charge in [-0.1, -0.05) is 59.6 Å². The lowest BCUT2D eigenvalue weighted by atomic mass is 10.1. The second-order valence-electron chi connectivity index (χ2n) is 6.06. The van der Waals surface area contributed by atoms with E-state index in [9.17, 15) is 8.42 Å². The molecule has 0 spiro atoms. The first-order valence-corrected chi connectivity index (χ1v) is 10.2. The Labute approximate surface area is 163 Å². The lowest BCUT2D eigenvalue weighted by Gasteiger charge is -2.17. The van der Waals surface area contributed by atoms with Gasteiger partial charge in [0.25, 0.3) is 0 Å². The first-order chi connectivity index (χ1) is 12.3. The molecule has 0 heterocycles. The summed E-state index contributed by atoms with van der Waals surface area (Å²) in [5.41, 5.74) is 1.58. The van der Waals surface area contributed by atoms with Crippen molar-refractivity contribution >= 4 is 49.7 Å². The fraction of sp³-hybridized carbons (Fsp3) is 0.158. The molecule has 7 heteroatoms. The van der Waals surface area contributed by atoms with Crippen LogP contribution in [0, 0.1) is 0 Å². The molecule has 1 N–H and O–H groups in total. The average Bonchev–Trinajstić information content (AvgIpc) is 2.61. The lowest BCUT2D eigenvalue weighted by molar-refractivity contribution is 0.582. The fourth-order valence-corrected chi connectivity index (χ4v) is 4.44. The molecule has 0 aliphatic heterocycles. The Morgan fingerprint density at radius 1 is 0.923 bits per heavy atom. The molecule has 4 nitrogen and oxygen atoms in total. The van der Waals surface area contributed by atoms with Crippen molar-refractivity contribution < 1.29 is 8.42 Å². The smallest absolute Gasteiger partial charge is 0.241 e. The highest BCUT2D eigenvalue weighted by Gasteiger charge is 2.19. The van der Waals surface area contributed by atoms with Crippen molar-refractivity contribution in [2.24, 2.45) is 0 Å². The number of fused-ring (bicyclic) bond motifs is 1. The zero-order chi connectivity index (χ0) is 18.9. The summed E-state index contributed by atoms with van der Waals surface area (Å²) < 4.78 is 28.4. The van der Waals surface area contributed by atoms with Crippen LogP contribution in [0.2, 0.25) is 10.0 Å². The van der Waals surface area contributed by atoms with Gasteiger partial charge in [-0.25, -0.2) is 13.1 Å². The van der Waals surface area contributed by atoms with Crippen LogP contribution in [0.5, 0.6) is 0 Å². The van der Waals surface area contributed by atoms with Crippen LogP contribution in [0.1, 0.15) is 5.56 Å². The van der Waals surface area contributed by atoms with Gasteiger partial charge in [-0.15, -0.1) is 0 Å². The Morgan fingerprint density at radius 2 is 1.58 bits per heavy atom. The molecule has 26 heavy (non-hydrogen) atoms. The number of nitrogens with one attached hydrogen (secondary N) is 1. The van der Waals surface area contributed by atoms with E-state index in [1.807, 2.05) is 43.3 Å². The standard InChI is InChI=1S/C19H18Cl2N2O2S/c1-23(2)17-10-4-8-15-14(17)7-5-11-18(15)26(24,25)22-12-13-6-3-9-16(20)19(13)21/h3-11,22H,12H2,1-2H3. The molecule has 0 bridgehead atoms. The SMILES string of the molecule is CN(C)c1cccc2c(S(=O)(=O)NCc3cccc(Cl)c3Cl)cccc12. The van der Waals surface area contributed by atoms with Crippen LogP contribution in [-0.4, -0.2) is 22.5 Å². The Bertz CT molecular complexity index is 1070. The number of halogens is 2. The van der Waals surface area contributed by atoms with E-state index in [0.717, 1.165) is 11.1 Å². The zero-order valence-electron chi connectivity index (χ0n) is 14.3. The summed E-state index contributed by atoms with van der Waals surface area (Å²) in [5.74, 6) is 0.